The Hall–Kier alpha value is -2.22. The number of benzene rings is 1. The molecule has 25 heavy (non-hydrogen) atoms. The summed E-state index contributed by atoms with van der Waals surface area (Å²) in [6.07, 6.45) is -4.04. The number of rotatable bonds is 7. The Morgan fingerprint density at radius 2 is 1.84 bits per heavy atom. The van der Waals surface area contributed by atoms with E-state index in [0.717, 1.165) is 0 Å². The highest BCUT2D eigenvalue weighted by atomic mass is 35.5. The number of ether oxygens (including phenoxy) is 1. The molecule has 0 saturated carbocycles. The van der Waals surface area contributed by atoms with Gasteiger partial charge in [0.15, 0.2) is 0 Å². The van der Waals surface area contributed by atoms with E-state index in [4.69, 9.17) is 16.3 Å². The number of alkyl halides is 3. The number of allylic oxidation sites excluding steroid dienone is 1. The van der Waals surface area contributed by atoms with Crippen LogP contribution in [0, 0.1) is 0 Å². The fourth-order valence-corrected chi connectivity index (χ4v) is 1.91. The lowest BCUT2D eigenvalue weighted by Crippen LogP contribution is -2.36. The molecule has 2 amide bonds. The van der Waals surface area contributed by atoms with Gasteiger partial charge in [-0.1, -0.05) is 23.7 Å². The molecule has 1 aromatic carbocycles. The van der Waals surface area contributed by atoms with Crippen LogP contribution >= 0.6 is 11.6 Å². The number of nitrogens with one attached hydrogen (secondary N) is 2. The van der Waals surface area contributed by atoms with E-state index in [2.05, 4.69) is 10.6 Å². The van der Waals surface area contributed by atoms with Crippen LogP contribution in [0.25, 0.3) is 5.57 Å². The van der Waals surface area contributed by atoms with Crippen molar-refractivity contribution >= 4 is 29.2 Å². The minimum atomic E-state index is -4.72. The Labute approximate surface area is 148 Å². The molecule has 0 heterocycles. The predicted molar refractivity (Wildman–Crippen MR) is 88.1 cm³/mol. The Kier molecular flexibility index (Phi) is 8.27. The van der Waals surface area contributed by atoms with Gasteiger partial charge in [-0.2, -0.15) is 13.2 Å². The van der Waals surface area contributed by atoms with Gasteiger partial charge in [0.2, 0.25) is 0 Å². The molecule has 0 spiro atoms. The standard InChI is InChI=1S/C16H18ClF3N2O3/c1-2-21-15(24)22-8-3-9-25-14(23)10-13(16(18,19)20)11-4-6-12(17)7-5-11/h4-7,10H,2-3,8-9H2,1H3,(H2,21,22,24). The molecule has 0 radical (unpaired) electrons. The molecule has 1 aromatic rings. The summed E-state index contributed by atoms with van der Waals surface area (Å²) in [6, 6.07) is 4.58. The van der Waals surface area contributed by atoms with Crippen molar-refractivity contribution in [1.29, 1.82) is 0 Å². The van der Waals surface area contributed by atoms with Crippen molar-refractivity contribution in [3.63, 3.8) is 0 Å². The van der Waals surface area contributed by atoms with E-state index in [1.54, 1.807) is 6.92 Å². The molecule has 5 nitrogen and oxygen atoms in total. The van der Waals surface area contributed by atoms with Gasteiger partial charge in [0, 0.05) is 24.2 Å². The van der Waals surface area contributed by atoms with Crippen molar-refractivity contribution in [3.8, 4) is 0 Å². The van der Waals surface area contributed by atoms with Gasteiger partial charge in [0.1, 0.15) is 0 Å². The van der Waals surface area contributed by atoms with Gasteiger partial charge in [0.25, 0.3) is 0 Å². The van der Waals surface area contributed by atoms with Gasteiger partial charge < -0.3 is 15.4 Å². The third-order valence-corrected chi connectivity index (χ3v) is 3.16. The molecule has 9 heteroatoms. The topological polar surface area (TPSA) is 67.4 Å². The van der Waals surface area contributed by atoms with Crippen LogP contribution < -0.4 is 10.6 Å². The number of esters is 1. The molecule has 138 valence electrons. The first-order valence-corrected chi connectivity index (χ1v) is 7.85. The average molecular weight is 379 g/mol. The van der Waals surface area contributed by atoms with Crippen LogP contribution in [0.15, 0.2) is 30.3 Å². The van der Waals surface area contributed by atoms with Crippen molar-refractivity contribution in [2.24, 2.45) is 0 Å². The quantitative estimate of drug-likeness (QED) is 0.433. The monoisotopic (exact) mass is 378 g/mol. The molecule has 1 rings (SSSR count). The van der Waals surface area contributed by atoms with Gasteiger partial charge >= 0.3 is 18.2 Å². The van der Waals surface area contributed by atoms with Crippen LogP contribution in [0.2, 0.25) is 5.02 Å². The number of hydrogen-bond acceptors (Lipinski definition) is 3. The highest BCUT2D eigenvalue weighted by Crippen LogP contribution is 2.34. The molecule has 0 fully saturated rings. The van der Waals surface area contributed by atoms with E-state index < -0.39 is 17.7 Å². The SMILES string of the molecule is CCNC(=O)NCCCOC(=O)C=C(c1ccc(Cl)cc1)C(F)(F)F. The molecule has 0 aliphatic carbocycles. The van der Waals surface area contributed by atoms with Crippen molar-refractivity contribution in [1.82, 2.24) is 10.6 Å². The Balaban J connectivity index is 2.59. The second-order valence-corrected chi connectivity index (χ2v) is 5.31. The summed E-state index contributed by atoms with van der Waals surface area (Å²) >= 11 is 5.65. The Morgan fingerprint density at radius 3 is 2.40 bits per heavy atom. The summed E-state index contributed by atoms with van der Waals surface area (Å²) in [5.41, 5.74) is -1.30. The number of halogens is 4. The first-order valence-electron chi connectivity index (χ1n) is 7.47. The highest BCUT2D eigenvalue weighted by Gasteiger charge is 2.35. The zero-order valence-corrected chi connectivity index (χ0v) is 14.2. The van der Waals surface area contributed by atoms with Gasteiger partial charge in [-0.3, -0.25) is 0 Å². The van der Waals surface area contributed by atoms with Crippen LogP contribution in [0.4, 0.5) is 18.0 Å². The summed E-state index contributed by atoms with van der Waals surface area (Å²) in [7, 11) is 0. The van der Waals surface area contributed by atoms with Crippen molar-refractivity contribution in [3.05, 3.63) is 40.9 Å². The molecular formula is C16H18ClF3N2O3. The van der Waals surface area contributed by atoms with E-state index >= 15 is 0 Å². The highest BCUT2D eigenvalue weighted by molar-refractivity contribution is 6.30. The van der Waals surface area contributed by atoms with Crippen molar-refractivity contribution in [2.45, 2.75) is 19.5 Å². The predicted octanol–water partition coefficient (Wildman–Crippen LogP) is 3.54. The lowest BCUT2D eigenvalue weighted by Gasteiger charge is -2.12. The molecular weight excluding hydrogens is 361 g/mol. The smallest absolute Gasteiger partial charge is 0.417 e. The molecule has 0 bridgehead atoms. The first-order chi connectivity index (χ1) is 11.7. The summed E-state index contributed by atoms with van der Waals surface area (Å²) < 4.78 is 44.1. The van der Waals surface area contributed by atoms with E-state index in [9.17, 15) is 22.8 Å². The second-order valence-electron chi connectivity index (χ2n) is 4.87. The fraction of sp³-hybridized carbons (Fsp3) is 0.375. The average Bonchev–Trinajstić information content (AvgIpc) is 2.52. The third-order valence-electron chi connectivity index (χ3n) is 2.91. The molecule has 0 atom stereocenters. The summed E-state index contributed by atoms with van der Waals surface area (Å²) in [5.74, 6) is -1.11. The van der Waals surface area contributed by atoms with E-state index in [-0.39, 0.29) is 36.2 Å². The molecule has 0 aliphatic heterocycles. The number of carbonyl (C=O) groups excluding carboxylic acids is 2. The maximum atomic E-state index is 13.1. The van der Waals surface area contributed by atoms with Crippen LogP contribution in [0.3, 0.4) is 0 Å². The van der Waals surface area contributed by atoms with Gasteiger partial charge in [-0.05, 0) is 31.0 Å². The Morgan fingerprint density at radius 1 is 1.20 bits per heavy atom. The summed E-state index contributed by atoms with van der Waals surface area (Å²) in [6.45, 7) is 2.34. The van der Waals surface area contributed by atoms with Crippen LogP contribution in [-0.4, -0.2) is 37.9 Å². The number of carbonyl (C=O) groups is 2. The minimum absolute atomic E-state index is 0.118. The lowest BCUT2D eigenvalue weighted by molar-refractivity contribution is -0.138. The van der Waals surface area contributed by atoms with E-state index in [1.165, 1.54) is 24.3 Å². The van der Waals surface area contributed by atoms with Crippen molar-refractivity contribution < 1.29 is 27.5 Å². The van der Waals surface area contributed by atoms with Crippen LogP contribution in [0.1, 0.15) is 18.9 Å². The normalized spacial score (nSPS) is 11.8. The van der Waals surface area contributed by atoms with E-state index in [0.29, 0.717) is 12.6 Å². The van der Waals surface area contributed by atoms with Crippen LogP contribution in [-0.2, 0) is 9.53 Å². The minimum Gasteiger partial charge on any atom is -0.462 e. The fourth-order valence-electron chi connectivity index (χ4n) is 1.79. The molecule has 0 aliphatic rings. The molecule has 0 saturated heterocycles. The largest absolute Gasteiger partial charge is 0.462 e. The second kappa shape index (κ2) is 9.93. The lowest BCUT2D eigenvalue weighted by atomic mass is 10.1. The van der Waals surface area contributed by atoms with Gasteiger partial charge in [-0.15, -0.1) is 0 Å². The number of hydrogen-bond donors (Lipinski definition) is 2. The molecule has 0 unspecified atom stereocenters. The van der Waals surface area contributed by atoms with Crippen LogP contribution in [0.5, 0.6) is 0 Å². The summed E-state index contributed by atoms with van der Waals surface area (Å²) in [5, 5.41) is 5.30. The first kappa shape index (κ1) is 20.8. The maximum Gasteiger partial charge on any atom is 0.417 e. The molecule has 0 aromatic heterocycles. The maximum absolute atomic E-state index is 13.1. The Bertz CT molecular complexity index is 616. The number of urea groups is 1. The van der Waals surface area contributed by atoms with Gasteiger partial charge in [-0.25, -0.2) is 9.59 Å². The number of amides is 2. The third kappa shape index (κ3) is 7.93. The van der Waals surface area contributed by atoms with Gasteiger partial charge in [0.05, 0.1) is 12.2 Å². The zero-order chi connectivity index (χ0) is 18.9. The summed E-state index contributed by atoms with van der Waals surface area (Å²) in [4.78, 5) is 22.7. The zero-order valence-electron chi connectivity index (χ0n) is 13.5. The van der Waals surface area contributed by atoms with E-state index in [1.807, 2.05) is 0 Å². The van der Waals surface area contributed by atoms with Crippen molar-refractivity contribution in [2.75, 3.05) is 19.7 Å². The molecule has 2 N–H and O–H groups in total.